The normalized spacial score (nSPS) is 18.6. The highest BCUT2D eigenvalue weighted by Crippen LogP contribution is 1.87. The maximum atomic E-state index is 5.53. The molecule has 0 bridgehead atoms. The molecule has 42 valence electrons. The predicted molar refractivity (Wildman–Crippen MR) is 36.1 cm³/mol. The zero-order chi connectivity index (χ0) is 5.91. The molecule has 0 spiro atoms. The Morgan fingerprint density at radius 2 is 2.29 bits per heavy atom. The van der Waals surface area contributed by atoms with E-state index in [4.69, 9.17) is 11.5 Å². The van der Waals surface area contributed by atoms with Crippen LogP contribution in [0.1, 0.15) is 0 Å². The summed E-state index contributed by atoms with van der Waals surface area (Å²) in [4.78, 5) is 0. The molecule has 0 saturated heterocycles. The van der Waals surface area contributed by atoms with Crippen molar-refractivity contribution in [2.45, 2.75) is 5.16 Å². The lowest BCUT2D eigenvalue weighted by molar-refractivity contribution is 0.746. The van der Waals surface area contributed by atoms with E-state index in [1.165, 1.54) is 0 Å². The van der Waals surface area contributed by atoms with Crippen molar-refractivity contribution in [3.05, 3.63) is 12.7 Å². The third kappa shape index (κ3) is 2.56. The van der Waals surface area contributed by atoms with E-state index < -0.39 is 0 Å². The standard InChI is InChI=1S/C4H12N2Si/c1-2-4(6,7)3-5/h2H,1,3,5-6H2,7H3. The van der Waals surface area contributed by atoms with E-state index in [1.54, 1.807) is 6.08 Å². The minimum Gasteiger partial charge on any atom is -0.329 e. The zero-order valence-electron chi connectivity index (χ0n) is 4.65. The third-order valence-corrected chi connectivity index (χ3v) is 1.72. The van der Waals surface area contributed by atoms with Crippen molar-refractivity contribution in [1.82, 2.24) is 0 Å². The second kappa shape index (κ2) is 2.25. The lowest BCUT2D eigenvalue weighted by atomic mass is 10.3. The molecule has 0 aliphatic heterocycles. The van der Waals surface area contributed by atoms with Crippen molar-refractivity contribution in [3.8, 4) is 0 Å². The van der Waals surface area contributed by atoms with Crippen LogP contribution in [0.3, 0.4) is 0 Å². The van der Waals surface area contributed by atoms with Crippen LogP contribution < -0.4 is 11.5 Å². The van der Waals surface area contributed by atoms with Crippen molar-refractivity contribution in [2.75, 3.05) is 6.54 Å². The van der Waals surface area contributed by atoms with Crippen molar-refractivity contribution >= 4 is 10.2 Å². The average molecular weight is 116 g/mol. The fourth-order valence-electron chi connectivity index (χ4n) is 0.0833. The molecule has 0 saturated carbocycles. The van der Waals surface area contributed by atoms with Crippen LogP contribution in [-0.2, 0) is 0 Å². The SMILES string of the molecule is C=CC(N)([SiH3])CN. The van der Waals surface area contributed by atoms with E-state index in [2.05, 4.69) is 6.58 Å². The zero-order valence-corrected chi connectivity index (χ0v) is 6.65. The summed E-state index contributed by atoms with van der Waals surface area (Å²) in [7, 11) is 0.884. The van der Waals surface area contributed by atoms with E-state index in [9.17, 15) is 0 Å². The molecule has 0 amide bonds. The van der Waals surface area contributed by atoms with Crippen LogP contribution in [0, 0.1) is 0 Å². The molecule has 2 nitrogen and oxygen atoms in total. The van der Waals surface area contributed by atoms with E-state index in [0.717, 1.165) is 10.2 Å². The smallest absolute Gasteiger partial charge is 0.0343 e. The Balaban J connectivity index is 3.58. The number of hydrogen-bond acceptors (Lipinski definition) is 2. The van der Waals surface area contributed by atoms with Gasteiger partial charge in [-0.05, 0) is 0 Å². The van der Waals surface area contributed by atoms with Gasteiger partial charge in [0.15, 0.2) is 0 Å². The monoisotopic (exact) mass is 116 g/mol. The van der Waals surface area contributed by atoms with Gasteiger partial charge in [0.25, 0.3) is 0 Å². The molecule has 0 aliphatic rings. The molecule has 0 aromatic carbocycles. The summed E-state index contributed by atoms with van der Waals surface area (Å²) in [5.74, 6) is 0. The van der Waals surface area contributed by atoms with Crippen molar-refractivity contribution in [3.63, 3.8) is 0 Å². The van der Waals surface area contributed by atoms with Gasteiger partial charge in [-0.15, -0.1) is 6.58 Å². The maximum absolute atomic E-state index is 5.53. The number of hydrogen-bond donors (Lipinski definition) is 2. The lowest BCUT2D eigenvalue weighted by Crippen LogP contribution is -2.45. The topological polar surface area (TPSA) is 52.0 Å². The van der Waals surface area contributed by atoms with Gasteiger partial charge in [0, 0.05) is 21.9 Å². The summed E-state index contributed by atoms with van der Waals surface area (Å²) in [6, 6.07) is 0. The fraction of sp³-hybridized carbons (Fsp3) is 0.500. The molecule has 0 heterocycles. The van der Waals surface area contributed by atoms with E-state index in [1.807, 2.05) is 0 Å². The number of nitrogens with two attached hydrogens (primary N) is 2. The molecule has 0 aliphatic carbocycles. The van der Waals surface area contributed by atoms with Gasteiger partial charge in [-0.25, -0.2) is 0 Å². The first kappa shape index (κ1) is 6.88. The van der Waals surface area contributed by atoms with Crippen LogP contribution in [-0.4, -0.2) is 21.9 Å². The summed E-state index contributed by atoms with van der Waals surface area (Å²) in [5.41, 5.74) is 10.8. The van der Waals surface area contributed by atoms with Gasteiger partial charge < -0.3 is 11.5 Å². The molecule has 0 fully saturated rings. The molecule has 0 aromatic rings. The summed E-state index contributed by atoms with van der Waals surface area (Å²) in [6.45, 7) is 4.05. The van der Waals surface area contributed by atoms with Gasteiger partial charge in [-0.3, -0.25) is 0 Å². The van der Waals surface area contributed by atoms with E-state index in [-0.39, 0.29) is 5.16 Å². The highest BCUT2D eigenvalue weighted by atomic mass is 28.1. The molecular weight excluding hydrogens is 104 g/mol. The van der Waals surface area contributed by atoms with E-state index >= 15 is 0 Å². The first-order chi connectivity index (χ1) is 3.12. The Morgan fingerprint density at radius 3 is 2.29 bits per heavy atom. The van der Waals surface area contributed by atoms with Gasteiger partial charge >= 0.3 is 0 Å². The summed E-state index contributed by atoms with van der Waals surface area (Å²) in [6.07, 6.45) is 1.71. The Morgan fingerprint density at radius 1 is 1.86 bits per heavy atom. The highest BCUT2D eigenvalue weighted by Gasteiger charge is 2.07. The third-order valence-electron chi connectivity index (χ3n) is 0.906. The minimum absolute atomic E-state index is 0.236. The summed E-state index contributed by atoms with van der Waals surface area (Å²) in [5, 5.41) is -0.236. The van der Waals surface area contributed by atoms with Crippen LogP contribution in [0.25, 0.3) is 0 Å². The Kier molecular flexibility index (Phi) is 2.21. The minimum atomic E-state index is -0.236. The number of rotatable bonds is 2. The van der Waals surface area contributed by atoms with Crippen LogP contribution >= 0.6 is 0 Å². The second-order valence-electron chi connectivity index (χ2n) is 1.91. The van der Waals surface area contributed by atoms with Crippen molar-refractivity contribution in [1.29, 1.82) is 0 Å². The molecular formula is C4H12N2Si. The van der Waals surface area contributed by atoms with Gasteiger partial charge in [-0.2, -0.15) is 0 Å². The Labute approximate surface area is 47.0 Å². The van der Waals surface area contributed by atoms with Gasteiger partial charge in [0.2, 0.25) is 0 Å². The van der Waals surface area contributed by atoms with Crippen molar-refractivity contribution in [2.24, 2.45) is 11.5 Å². The quantitative estimate of drug-likeness (QED) is 0.329. The molecule has 4 N–H and O–H groups in total. The summed E-state index contributed by atoms with van der Waals surface area (Å²) >= 11 is 0. The van der Waals surface area contributed by atoms with Crippen LogP contribution in [0.4, 0.5) is 0 Å². The van der Waals surface area contributed by atoms with E-state index in [0.29, 0.717) is 6.54 Å². The molecule has 1 atom stereocenters. The van der Waals surface area contributed by atoms with Crippen LogP contribution in [0.5, 0.6) is 0 Å². The fourth-order valence-corrected chi connectivity index (χ4v) is 0.0833. The molecule has 0 rings (SSSR count). The maximum Gasteiger partial charge on any atom is 0.0343 e. The largest absolute Gasteiger partial charge is 0.329 e. The molecule has 0 radical (unpaired) electrons. The average Bonchev–Trinajstić information content (AvgIpc) is 1.68. The Bertz CT molecular complexity index is 70.1. The van der Waals surface area contributed by atoms with Gasteiger partial charge in [0.05, 0.1) is 0 Å². The molecule has 0 aromatic heterocycles. The first-order valence-electron chi connectivity index (χ1n) is 2.25. The molecule has 3 heteroatoms. The van der Waals surface area contributed by atoms with Crippen LogP contribution in [0.2, 0.25) is 0 Å². The lowest BCUT2D eigenvalue weighted by Gasteiger charge is -2.15. The highest BCUT2D eigenvalue weighted by molar-refractivity contribution is 6.16. The van der Waals surface area contributed by atoms with Crippen molar-refractivity contribution < 1.29 is 0 Å². The van der Waals surface area contributed by atoms with Gasteiger partial charge in [0.1, 0.15) is 0 Å². The summed E-state index contributed by atoms with van der Waals surface area (Å²) < 4.78 is 0. The molecule has 7 heavy (non-hydrogen) atoms. The van der Waals surface area contributed by atoms with Crippen LogP contribution in [0.15, 0.2) is 12.7 Å². The Hall–Kier alpha value is -0.123. The van der Waals surface area contributed by atoms with Gasteiger partial charge in [-0.1, -0.05) is 6.08 Å². The first-order valence-corrected chi connectivity index (χ1v) is 3.25. The second-order valence-corrected chi connectivity index (χ2v) is 3.78. The predicted octanol–water partition coefficient (Wildman–Crippen LogP) is -1.85. The molecule has 1 unspecified atom stereocenters.